The summed E-state index contributed by atoms with van der Waals surface area (Å²) in [4.78, 5) is 15.1. The molecule has 0 saturated carbocycles. The van der Waals surface area contributed by atoms with Crippen LogP contribution >= 0.6 is 0 Å². The van der Waals surface area contributed by atoms with Gasteiger partial charge < -0.3 is 4.74 Å². The van der Waals surface area contributed by atoms with Crippen molar-refractivity contribution in [1.82, 2.24) is 4.98 Å². The molecule has 3 nitrogen and oxygen atoms in total. The van der Waals surface area contributed by atoms with E-state index in [4.69, 9.17) is 4.74 Å². The van der Waals surface area contributed by atoms with Crippen LogP contribution in [0.4, 0.5) is 0 Å². The fraction of sp³-hybridized carbons (Fsp3) is 0.538. The third-order valence-corrected chi connectivity index (χ3v) is 2.24. The highest BCUT2D eigenvalue weighted by Crippen LogP contribution is 2.15. The van der Waals surface area contributed by atoms with Crippen molar-refractivity contribution >= 4 is 5.78 Å². The number of pyridine rings is 1. The van der Waals surface area contributed by atoms with E-state index < -0.39 is 0 Å². The summed E-state index contributed by atoms with van der Waals surface area (Å²) in [5.41, 5.74) is 0.476. The molecular formula is C13H19NO2. The minimum absolute atomic E-state index is 0.0261. The Labute approximate surface area is 96.8 Å². The molecular weight excluding hydrogens is 202 g/mol. The van der Waals surface area contributed by atoms with Crippen LogP contribution in [-0.4, -0.2) is 16.9 Å². The van der Waals surface area contributed by atoms with E-state index >= 15 is 0 Å². The molecule has 1 aromatic heterocycles. The summed E-state index contributed by atoms with van der Waals surface area (Å²) in [5.74, 6) is 1.30. The van der Waals surface area contributed by atoms with Crippen LogP contribution in [0, 0.1) is 5.92 Å². The number of carbonyl (C=O) groups excluding carboxylic acids is 1. The van der Waals surface area contributed by atoms with Crippen molar-refractivity contribution in [1.29, 1.82) is 0 Å². The molecule has 1 aromatic rings. The Morgan fingerprint density at radius 2 is 2.06 bits per heavy atom. The minimum Gasteiger partial charge on any atom is -0.489 e. The molecule has 1 unspecified atom stereocenters. The Hall–Kier alpha value is -1.38. The van der Waals surface area contributed by atoms with Crippen LogP contribution in [0.5, 0.6) is 5.75 Å². The fourth-order valence-electron chi connectivity index (χ4n) is 1.60. The molecule has 16 heavy (non-hydrogen) atoms. The van der Waals surface area contributed by atoms with Crippen LogP contribution in [0.2, 0.25) is 0 Å². The Morgan fingerprint density at radius 3 is 2.50 bits per heavy atom. The van der Waals surface area contributed by atoms with Gasteiger partial charge in [0.1, 0.15) is 11.4 Å². The van der Waals surface area contributed by atoms with Gasteiger partial charge in [-0.2, -0.15) is 0 Å². The summed E-state index contributed by atoms with van der Waals surface area (Å²) in [6, 6.07) is 3.49. The van der Waals surface area contributed by atoms with E-state index in [2.05, 4.69) is 18.8 Å². The second-order valence-corrected chi connectivity index (χ2v) is 4.49. The summed E-state index contributed by atoms with van der Waals surface area (Å²) >= 11 is 0. The van der Waals surface area contributed by atoms with Crippen LogP contribution in [-0.2, 0) is 0 Å². The van der Waals surface area contributed by atoms with Crippen molar-refractivity contribution in [2.75, 3.05) is 0 Å². The standard InChI is InChI=1S/C13H19NO2/c1-9(2)7-10(3)16-12-5-6-13(11(4)15)14-8-12/h5-6,8-10H,7H2,1-4H3. The lowest BCUT2D eigenvalue weighted by Gasteiger charge is -2.16. The fourth-order valence-corrected chi connectivity index (χ4v) is 1.60. The number of aromatic nitrogens is 1. The largest absolute Gasteiger partial charge is 0.489 e. The first-order valence-corrected chi connectivity index (χ1v) is 5.62. The van der Waals surface area contributed by atoms with E-state index in [1.807, 2.05) is 6.92 Å². The number of hydrogen-bond donors (Lipinski definition) is 0. The number of nitrogens with zero attached hydrogens (tertiary/aromatic N) is 1. The van der Waals surface area contributed by atoms with E-state index in [9.17, 15) is 4.79 Å². The molecule has 1 heterocycles. The maximum atomic E-state index is 11.0. The van der Waals surface area contributed by atoms with E-state index in [0.29, 0.717) is 11.6 Å². The van der Waals surface area contributed by atoms with Crippen LogP contribution in [0.15, 0.2) is 18.3 Å². The Bertz CT molecular complexity index is 343. The van der Waals surface area contributed by atoms with Crippen molar-refractivity contribution in [3.8, 4) is 5.75 Å². The van der Waals surface area contributed by atoms with Gasteiger partial charge in [0, 0.05) is 6.92 Å². The molecule has 3 heteroatoms. The lowest BCUT2D eigenvalue weighted by molar-refractivity contribution is 0.101. The average Bonchev–Trinajstić information content (AvgIpc) is 2.16. The zero-order chi connectivity index (χ0) is 12.1. The molecule has 0 amide bonds. The summed E-state index contributed by atoms with van der Waals surface area (Å²) in [6.07, 6.45) is 2.78. The van der Waals surface area contributed by atoms with Gasteiger partial charge in [0.25, 0.3) is 0 Å². The Kier molecular flexibility index (Phi) is 4.47. The van der Waals surface area contributed by atoms with Gasteiger partial charge in [0.05, 0.1) is 12.3 Å². The molecule has 0 aliphatic rings. The lowest BCUT2D eigenvalue weighted by Crippen LogP contribution is -2.14. The number of Topliss-reactive ketones (excluding diaryl/α,β-unsaturated/α-hetero) is 1. The summed E-state index contributed by atoms with van der Waals surface area (Å²) < 4.78 is 5.69. The highest BCUT2D eigenvalue weighted by atomic mass is 16.5. The normalized spacial score (nSPS) is 12.6. The third-order valence-electron chi connectivity index (χ3n) is 2.24. The molecule has 0 aliphatic carbocycles. The van der Waals surface area contributed by atoms with E-state index in [1.54, 1.807) is 18.3 Å². The number of ether oxygens (including phenoxy) is 1. The molecule has 0 aromatic carbocycles. The average molecular weight is 221 g/mol. The number of hydrogen-bond acceptors (Lipinski definition) is 3. The molecule has 88 valence electrons. The number of rotatable bonds is 5. The molecule has 0 fully saturated rings. The molecule has 0 radical (unpaired) electrons. The first-order valence-electron chi connectivity index (χ1n) is 5.62. The van der Waals surface area contributed by atoms with E-state index in [-0.39, 0.29) is 11.9 Å². The first kappa shape index (κ1) is 12.7. The van der Waals surface area contributed by atoms with Crippen molar-refractivity contribution in [3.63, 3.8) is 0 Å². The summed E-state index contributed by atoms with van der Waals surface area (Å²) in [7, 11) is 0. The zero-order valence-electron chi connectivity index (χ0n) is 10.4. The minimum atomic E-state index is -0.0261. The number of carbonyl (C=O) groups is 1. The van der Waals surface area contributed by atoms with Crippen LogP contribution < -0.4 is 4.74 Å². The van der Waals surface area contributed by atoms with Gasteiger partial charge in [-0.1, -0.05) is 13.8 Å². The zero-order valence-corrected chi connectivity index (χ0v) is 10.4. The van der Waals surface area contributed by atoms with Crippen LogP contribution in [0.3, 0.4) is 0 Å². The highest BCUT2D eigenvalue weighted by molar-refractivity contribution is 5.92. The SMILES string of the molecule is CC(=O)c1ccc(OC(C)CC(C)C)cn1. The van der Waals surface area contributed by atoms with Crippen molar-refractivity contribution in [2.24, 2.45) is 5.92 Å². The number of ketones is 1. The van der Waals surface area contributed by atoms with Gasteiger partial charge in [-0.3, -0.25) is 4.79 Å². The van der Waals surface area contributed by atoms with Gasteiger partial charge in [-0.25, -0.2) is 4.98 Å². The molecule has 0 bridgehead atoms. The molecule has 1 atom stereocenters. The van der Waals surface area contributed by atoms with Gasteiger partial charge in [0.15, 0.2) is 5.78 Å². The van der Waals surface area contributed by atoms with E-state index in [0.717, 1.165) is 12.2 Å². The lowest BCUT2D eigenvalue weighted by atomic mass is 10.1. The smallest absolute Gasteiger partial charge is 0.178 e. The Morgan fingerprint density at radius 1 is 1.38 bits per heavy atom. The van der Waals surface area contributed by atoms with Crippen molar-refractivity contribution in [3.05, 3.63) is 24.0 Å². The van der Waals surface area contributed by atoms with E-state index in [1.165, 1.54) is 6.92 Å². The maximum absolute atomic E-state index is 11.0. The molecule has 0 spiro atoms. The third kappa shape index (κ3) is 4.01. The highest BCUT2D eigenvalue weighted by Gasteiger charge is 2.07. The molecule has 0 saturated heterocycles. The van der Waals surface area contributed by atoms with Crippen LogP contribution in [0.25, 0.3) is 0 Å². The monoisotopic (exact) mass is 221 g/mol. The summed E-state index contributed by atoms with van der Waals surface area (Å²) in [5, 5.41) is 0. The topological polar surface area (TPSA) is 39.2 Å². The maximum Gasteiger partial charge on any atom is 0.178 e. The first-order chi connectivity index (χ1) is 7.49. The van der Waals surface area contributed by atoms with Gasteiger partial charge in [0.2, 0.25) is 0 Å². The molecule has 1 rings (SSSR count). The van der Waals surface area contributed by atoms with Crippen LogP contribution in [0.1, 0.15) is 44.6 Å². The van der Waals surface area contributed by atoms with Gasteiger partial charge >= 0.3 is 0 Å². The van der Waals surface area contributed by atoms with Gasteiger partial charge in [-0.05, 0) is 31.4 Å². The summed E-state index contributed by atoms with van der Waals surface area (Å²) in [6.45, 7) is 7.87. The second kappa shape index (κ2) is 5.64. The molecule has 0 aliphatic heterocycles. The quantitative estimate of drug-likeness (QED) is 0.717. The van der Waals surface area contributed by atoms with Gasteiger partial charge in [-0.15, -0.1) is 0 Å². The molecule has 0 N–H and O–H groups in total. The predicted octanol–water partition coefficient (Wildman–Crippen LogP) is 3.10. The second-order valence-electron chi connectivity index (χ2n) is 4.49. The Balaban J connectivity index is 2.58. The van der Waals surface area contributed by atoms with Crippen molar-refractivity contribution in [2.45, 2.75) is 40.2 Å². The van der Waals surface area contributed by atoms with Crippen molar-refractivity contribution < 1.29 is 9.53 Å². The predicted molar refractivity (Wildman–Crippen MR) is 63.8 cm³/mol.